The molecule has 4 N–H and O–H groups in total. The van der Waals surface area contributed by atoms with Crippen LogP contribution in [0.25, 0.3) is 0 Å². The van der Waals surface area contributed by atoms with Crippen LogP contribution in [0.4, 0.5) is 0 Å². The molecule has 0 unspecified atom stereocenters. The zero-order valence-corrected chi connectivity index (χ0v) is 5.85. The van der Waals surface area contributed by atoms with Gasteiger partial charge in [-0.05, 0) is 19.8 Å². The van der Waals surface area contributed by atoms with Gasteiger partial charge < -0.3 is 11.5 Å². The Hall–Kier alpha value is -0.920. The van der Waals surface area contributed by atoms with Crippen LogP contribution < -0.4 is 11.5 Å². The van der Waals surface area contributed by atoms with E-state index >= 15 is 0 Å². The van der Waals surface area contributed by atoms with Gasteiger partial charge in [-0.2, -0.15) is 0 Å². The smallest absolute Gasteiger partial charge is 0.0271 e. The minimum absolute atomic E-state index is 0.719. The Bertz CT molecular complexity index is 121. The molecule has 0 radical (unpaired) electrons. The van der Waals surface area contributed by atoms with Crippen LogP contribution in [0.15, 0.2) is 24.0 Å². The first-order valence-corrected chi connectivity index (χ1v) is 3.00. The van der Waals surface area contributed by atoms with Crippen molar-refractivity contribution in [2.75, 3.05) is 0 Å². The van der Waals surface area contributed by atoms with E-state index in [4.69, 9.17) is 11.5 Å². The van der Waals surface area contributed by atoms with Crippen molar-refractivity contribution in [3.05, 3.63) is 24.0 Å². The van der Waals surface area contributed by atoms with Crippen molar-refractivity contribution < 1.29 is 0 Å². The summed E-state index contributed by atoms with van der Waals surface area (Å²) in [6.07, 6.45) is 3.56. The molecule has 0 aliphatic rings. The molecule has 0 spiro atoms. The summed E-state index contributed by atoms with van der Waals surface area (Å²) < 4.78 is 0. The summed E-state index contributed by atoms with van der Waals surface area (Å²) in [5.41, 5.74) is 12.4. The molecule has 0 fully saturated rings. The van der Waals surface area contributed by atoms with Gasteiger partial charge in [-0.25, -0.2) is 0 Å². The molecule has 0 rings (SSSR count). The van der Waals surface area contributed by atoms with E-state index in [2.05, 4.69) is 6.58 Å². The monoisotopic (exact) mass is 126 g/mol. The van der Waals surface area contributed by atoms with Crippen molar-refractivity contribution in [3.63, 3.8) is 0 Å². The van der Waals surface area contributed by atoms with Crippen LogP contribution in [0.5, 0.6) is 0 Å². The van der Waals surface area contributed by atoms with E-state index in [0.717, 1.165) is 24.2 Å². The number of rotatable bonds is 3. The first-order valence-electron chi connectivity index (χ1n) is 3.00. The molecule has 0 atom stereocenters. The largest absolute Gasteiger partial charge is 0.401 e. The van der Waals surface area contributed by atoms with Crippen LogP contribution in [0, 0.1) is 0 Å². The van der Waals surface area contributed by atoms with Gasteiger partial charge in [0.05, 0.1) is 0 Å². The van der Waals surface area contributed by atoms with Crippen molar-refractivity contribution in [1.29, 1.82) is 0 Å². The highest BCUT2D eigenvalue weighted by atomic mass is 14.7. The van der Waals surface area contributed by atoms with Crippen LogP contribution in [0.2, 0.25) is 0 Å². The average molecular weight is 126 g/mol. The topological polar surface area (TPSA) is 52.0 Å². The summed E-state index contributed by atoms with van der Waals surface area (Å²) in [5, 5.41) is 0. The minimum Gasteiger partial charge on any atom is -0.401 e. The fourth-order valence-electron chi connectivity index (χ4n) is 0.455. The van der Waals surface area contributed by atoms with Gasteiger partial charge in [-0.1, -0.05) is 6.08 Å². The third kappa shape index (κ3) is 3.64. The summed E-state index contributed by atoms with van der Waals surface area (Å²) >= 11 is 0. The summed E-state index contributed by atoms with van der Waals surface area (Å²) in [5.74, 6) is 0. The van der Waals surface area contributed by atoms with Crippen LogP contribution >= 0.6 is 0 Å². The SMILES string of the molecule is C=CCC/C(N)=C(\C)N. The lowest BCUT2D eigenvalue weighted by molar-refractivity contribution is 0.931. The van der Waals surface area contributed by atoms with E-state index in [9.17, 15) is 0 Å². The molecule has 0 aromatic heterocycles. The maximum Gasteiger partial charge on any atom is 0.0271 e. The third-order valence-corrected chi connectivity index (χ3v) is 1.12. The van der Waals surface area contributed by atoms with Gasteiger partial charge in [-0.3, -0.25) is 0 Å². The highest BCUT2D eigenvalue weighted by molar-refractivity contribution is 5.04. The van der Waals surface area contributed by atoms with E-state index in [-0.39, 0.29) is 0 Å². The van der Waals surface area contributed by atoms with Crippen LogP contribution in [-0.2, 0) is 0 Å². The van der Waals surface area contributed by atoms with Crippen LogP contribution in [0.3, 0.4) is 0 Å². The highest BCUT2D eigenvalue weighted by Gasteiger charge is 1.89. The normalized spacial score (nSPS) is 12.6. The Morgan fingerprint density at radius 3 is 2.44 bits per heavy atom. The summed E-state index contributed by atoms with van der Waals surface area (Å²) in [7, 11) is 0. The predicted molar refractivity (Wildman–Crippen MR) is 40.5 cm³/mol. The molecule has 0 aliphatic carbocycles. The summed E-state index contributed by atoms with van der Waals surface area (Å²) in [4.78, 5) is 0. The second kappa shape index (κ2) is 4.01. The quantitative estimate of drug-likeness (QED) is 0.556. The molecule has 52 valence electrons. The molecule has 2 heteroatoms. The molecule has 9 heavy (non-hydrogen) atoms. The molecular formula is C7H14N2. The van der Waals surface area contributed by atoms with E-state index in [1.165, 1.54) is 0 Å². The predicted octanol–water partition coefficient (Wildman–Crippen LogP) is 1.10. The first kappa shape index (κ1) is 8.08. The Balaban J connectivity index is 3.62. The highest BCUT2D eigenvalue weighted by Crippen LogP contribution is 1.99. The molecule has 0 heterocycles. The Labute approximate surface area is 56.2 Å². The molecule has 0 aromatic carbocycles. The first-order chi connectivity index (χ1) is 4.18. The number of allylic oxidation sites excluding steroid dienone is 3. The van der Waals surface area contributed by atoms with Gasteiger partial charge in [0.1, 0.15) is 0 Å². The Morgan fingerprint density at radius 2 is 2.11 bits per heavy atom. The molecule has 0 aromatic rings. The molecule has 2 nitrogen and oxygen atoms in total. The maximum absolute atomic E-state index is 5.51. The number of hydrogen-bond donors (Lipinski definition) is 2. The fourth-order valence-corrected chi connectivity index (χ4v) is 0.455. The number of hydrogen-bond acceptors (Lipinski definition) is 2. The lowest BCUT2D eigenvalue weighted by Crippen LogP contribution is -2.06. The van der Waals surface area contributed by atoms with Crippen molar-refractivity contribution in [3.8, 4) is 0 Å². The maximum atomic E-state index is 5.51. The van der Waals surface area contributed by atoms with Crippen molar-refractivity contribution in [2.45, 2.75) is 19.8 Å². The molecule has 0 amide bonds. The minimum atomic E-state index is 0.719. The van der Waals surface area contributed by atoms with Gasteiger partial charge in [0, 0.05) is 11.4 Å². The molecule has 0 aliphatic heterocycles. The lowest BCUT2D eigenvalue weighted by Gasteiger charge is -1.99. The van der Waals surface area contributed by atoms with Gasteiger partial charge in [0.25, 0.3) is 0 Å². The fraction of sp³-hybridized carbons (Fsp3) is 0.429. The summed E-state index contributed by atoms with van der Waals surface area (Å²) in [6.45, 7) is 5.38. The molecule has 0 saturated heterocycles. The van der Waals surface area contributed by atoms with Crippen LogP contribution in [-0.4, -0.2) is 0 Å². The summed E-state index contributed by atoms with van der Waals surface area (Å²) in [6, 6.07) is 0. The zero-order chi connectivity index (χ0) is 7.28. The van der Waals surface area contributed by atoms with E-state index < -0.39 is 0 Å². The van der Waals surface area contributed by atoms with Gasteiger partial charge in [0.2, 0.25) is 0 Å². The van der Waals surface area contributed by atoms with Gasteiger partial charge in [-0.15, -0.1) is 6.58 Å². The Morgan fingerprint density at radius 1 is 1.56 bits per heavy atom. The van der Waals surface area contributed by atoms with Crippen molar-refractivity contribution in [2.24, 2.45) is 11.5 Å². The Kier molecular flexibility index (Phi) is 3.60. The van der Waals surface area contributed by atoms with E-state index in [0.29, 0.717) is 0 Å². The average Bonchev–Trinajstić information content (AvgIpc) is 1.82. The van der Waals surface area contributed by atoms with Crippen molar-refractivity contribution in [1.82, 2.24) is 0 Å². The third-order valence-electron chi connectivity index (χ3n) is 1.12. The second-order valence-electron chi connectivity index (χ2n) is 2.04. The molecule has 0 bridgehead atoms. The second-order valence-corrected chi connectivity index (χ2v) is 2.04. The number of nitrogens with two attached hydrogens (primary N) is 2. The zero-order valence-electron chi connectivity index (χ0n) is 5.85. The molecular weight excluding hydrogens is 112 g/mol. The van der Waals surface area contributed by atoms with E-state index in [1.54, 1.807) is 6.92 Å². The van der Waals surface area contributed by atoms with E-state index in [1.807, 2.05) is 6.08 Å². The van der Waals surface area contributed by atoms with Gasteiger partial charge in [0.15, 0.2) is 0 Å². The lowest BCUT2D eigenvalue weighted by atomic mass is 10.2. The van der Waals surface area contributed by atoms with Crippen molar-refractivity contribution >= 4 is 0 Å². The van der Waals surface area contributed by atoms with Crippen LogP contribution in [0.1, 0.15) is 19.8 Å². The molecule has 0 saturated carbocycles. The standard InChI is InChI=1S/C7H14N2/c1-3-4-5-7(9)6(2)8/h3H,1,4-5,8-9H2,2H3/b7-6-. The van der Waals surface area contributed by atoms with Gasteiger partial charge >= 0.3 is 0 Å².